The van der Waals surface area contributed by atoms with Gasteiger partial charge in [-0.3, -0.25) is 0 Å². The molecular formula is C22H32N6. The molecule has 0 atom stereocenters. The average Bonchev–Trinajstić information content (AvgIpc) is 2.73. The molecule has 6 heteroatoms. The number of aromatic nitrogens is 1. The van der Waals surface area contributed by atoms with Crippen LogP contribution in [0.1, 0.15) is 30.5 Å². The predicted molar refractivity (Wildman–Crippen MR) is 118 cm³/mol. The van der Waals surface area contributed by atoms with Gasteiger partial charge < -0.3 is 20.9 Å². The molecule has 6 nitrogen and oxygen atoms in total. The van der Waals surface area contributed by atoms with Crippen LogP contribution >= 0.6 is 0 Å². The normalized spacial score (nSPS) is 15.7. The maximum absolute atomic E-state index is 6.25. The lowest BCUT2D eigenvalue weighted by molar-refractivity contribution is 0.312. The number of rotatable bonds is 6. The van der Waals surface area contributed by atoms with Crippen molar-refractivity contribution >= 4 is 17.5 Å². The van der Waals surface area contributed by atoms with Crippen LogP contribution in [0.4, 0.5) is 11.5 Å². The zero-order valence-corrected chi connectivity index (χ0v) is 17.3. The maximum Gasteiger partial charge on any atom is 0.193 e. The van der Waals surface area contributed by atoms with Crippen LogP contribution in [0.5, 0.6) is 0 Å². The molecule has 2 heterocycles. The molecular weight excluding hydrogens is 348 g/mol. The molecule has 3 rings (SSSR count). The number of nitrogens with zero attached hydrogens (tertiary/aromatic N) is 4. The van der Waals surface area contributed by atoms with E-state index in [9.17, 15) is 0 Å². The maximum atomic E-state index is 6.25. The van der Waals surface area contributed by atoms with E-state index in [1.165, 1.54) is 11.1 Å². The lowest BCUT2D eigenvalue weighted by Gasteiger charge is -2.34. The van der Waals surface area contributed by atoms with Gasteiger partial charge in [0.25, 0.3) is 0 Å². The Hall–Kier alpha value is -2.60. The van der Waals surface area contributed by atoms with E-state index in [0.29, 0.717) is 12.5 Å². The van der Waals surface area contributed by atoms with Crippen LogP contribution in [-0.4, -0.2) is 49.1 Å². The van der Waals surface area contributed by atoms with Crippen molar-refractivity contribution < 1.29 is 0 Å². The molecule has 0 spiro atoms. The predicted octanol–water partition coefficient (Wildman–Crippen LogP) is 2.89. The first-order valence-corrected chi connectivity index (χ1v) is 10.2. The molecule has 1 fully saturated rings. The monoisotopic (exact) mass is 380 g/mol. The molecule has 0 bridgehead atoms. The number of piperazine rings is 1. The number of guanidine groups is 1. The molecule has 0 saturated carbocycles. The SMILES string of the molecule is CCc1cccc(CC)c1NC(N)=NCc1cccnc1N1CCN(C)CC1. The number of pyridine rings is 1. The Morgan fingerprint density at radius 2 is 1.68 bits per heavy atom. The van der Waals surface area contributed by atoms with Crippen LogP contribution in [0, 0.1) is 0 Å². The molecule has 1 aromatic carbocycles. The Bertz CT molecular complexity index is 786. The first kappa shape index (κ1) is 20.1. The Kier molecular flexibility index (Phi) is 6.87. The Balaban J connectivity index is 1.74. The quantitative estimate of drug-likeness (QED) is 0.596. The van der Waals surface area contributed by atoms with E-state index in [2.05, 4.69) is 70.3 Å². The first-order valence-electron chi connectivity index (χ1n) is 10.2. The van der Waals surface area contributed by atoms with E-state index in [1.54, 1.807) is 0 Å². The highest BCUT2D eigenvalue weighted by molar-refractivity contribution is 5.93. The molecule has 2 aromatic rings. The van der Waals surface area contributed by atoms with E-state index in [0.717, 1.165) is 56.1 Å². The Labute approximate surface area is 168 Å². The minimum Gasteiger partial charge on any atom is -0.370 e. The second-order valence-electron chi connectivity index (χ2n) is 7.26. The molecule has 0 radical (unpaired) electrons. The summed E-state index contributed by atoms with van der Waals surface area (Å²) < 4.78 is 0. The van der Waals surface area contributed by atoms with E-state index >= 15 is 0 Å². The van der Waals surface area contributed by atoms with Crippen molar-refractivity contribution in [2.45, 2.75) is 33.2 Å². The number of nitrogens with one attached hydrogen (secondary N) is 1. The van der Waals surface area contributed by atoms with Crippen LogP contribution in [0.2, 0.25) is 0 Å². The molecule has 28 heavy (non-hydrogen) atoms. The molecule has 0 aliphatic carbocycles. The largest absolute Gasteiger partial charge is 0.370 e. The minimum atomic E-state index is 0.448. The number of hydrogen-bond donors (Lipinski definition) is 2. The summed E-state index contributed by atoms with van der Waals surface area (Å²) in [6.07, 6.45) is 3.77. The van der Waals surface area contributed by atoms with Crippen LogP contribution in [-0.2, 0) is 19.4 Å². The average molecular weight is 381 g/mol. The van der Waals surface area contributed by atoms with E-state index in [4.69, 9.17) is 5.73 Å². The van der Waals surface area contributed by atoms with Gasteiger partial charge in [-0.1, -0.05) is 38.1 Å². The highest BCUT2D eigenvalue weighted by Gasteiger charge is 2.17. The number of likely N-dealkylation sites (N-methyl/N-ethyl adjacent to an activating group) is 1. The van der Waals surface area contributed by atoms with Gasteiger partial charge in [0.05, 0.1) is 6.54 Å². The molecule has 1 aromatic heterocycles. The molecule has 1 aliphatic rings. The van der Waals surface area contributed by atoms with Crippen LogP contribution in [0.25, 0.3) is 0 Å². The number of para-hydroxylation sites is 1. The van der Waals surface area contributed by atoms with Gasteiger partial charge in [-0.2, -0.15) is 0 Å². The highest BCUT2D eigenvalue weighted by Crippen LogP contribution is 2.23. The molecule has 150 valence electrons. The summed E-state index contributed by atoms with van der Waals surface area (Å²) in [4.78, 5) is 13.9. The van der Waals surface area contributed by atoms with Crippen molar-refractivity contribution in [3.63, 3.8) is 0 Å². The van der Waals surface area contributed by atoms with E-state index in [-0.39, 0.29) is 0 Å². The van der Waals surface area contributed by atoms with Crippen molar-refractivity contribution in [3.8, 4) is 0 Å². The number of aliphatic imine (C=N–C) groups is 1. The van der Waals surface area contributed by atoms with Crippen molar-refractivity contribution in [2.24, 2.45) is 10.7 Å². The number of nitrogens with two attached hydrogens (primary N) is 1. The summed E-state index contributed by atoms with van der Waals surface area (Å²) in [7, 11) is 2.16. The van der Waals surface area contributed by atoms with Crippen LogP contribution in [0.15, 0.2) is 41.5 Å². The number of hydrogen-bond acceptors (Lipinski definition) is 4. The van der Waals surface area contributed by atoms with Crippen molar-refractivity contribution in [2.75, 3.05) is 43.4 Å². The molecule has 0 unspecified atom stereocenters. The fourth-order valence-corrected chi connectivity index (χ4v) is 3.60. The van der Waals surface area contributed by atoms with Gasteiger partial charge in [0.15, 0.2) is 5.96 Å². The topological polar surface area (TPSA) is 69.8 Å². The fraction of sp³-hybridized carbons (Fsp3) is 0.455. The number of benzene rings is 1. The van der Waals surface area contributed by atoms with Gasteiger partial charge >= 0.3 is 0 Å². The second-order valence-corrected chi connectivity index (χ2v) is 7.26. The van der Waals surface area contributed by atoms with Gasteiger partial charge in [0.2, 0.25) is 0 Å². The van der Waals surface area contributed by atoms with Crippen LogP contribution in [0.3, 0.4) is 0 Å². The van der Waals surface area contributed by atoms with Crippen molar-refractivity contribution in [1.29, 1.82) is 0 Å². The minimum absolute atomic E-state index is 0.448. The zero-order chi connectivity index (χ0) is 19.9. The van der Waals surface area contributed by atoms with Crippen LogP contribution < -0.4 is 16.0 Å². The third-order valence-electron chi connectivity index (χ3n) is 5.34. The summed E-state index contributed by atoms with van der Waals surface area (Å²) in [5.74, 6) is 1.47. The smallest absolute Gasteiger partial charge is 0.193 e. The van der Waals surface area contributed by atoms with Crippen molar-refractivity contribution in [1.82, 2.24) is 9.88 Å². The number of anilines is 2. The summed E-state index contributed by atoms with van der Waals surface area (Å²) in [6.45, 7) is 8.91. The molecule has 3 N–H and O–H groups in total. The standard InChI is InChI=1S/C22H32N6/c1-4-17-8-6-9-18(5-2)20(17)26-22(23)25-16-19-10-7-11-24-21(19)28-14-12-27(3)13-15-28/h6-11H,4-5,12-16H2,1-3H3,(H3,23,25,26). The van der Waals surface area contributed by atoms with Gasteiger partial charge in [0.1, 0.15) is 5.82 Å². The fourth-order valence-electron chi connectivity index (χ4n) is 3.60. The summed E-state index contributed by atoms with van der Waals surface area (Å²) in [5.41, 5.74) is 11.0. The van der Waals surface area contributed by atoms with Gasteiger partial charge in [-0.05, 0) is 37.1 Å². The van der Waals surface area contributed by atoms with Gasteiger partial charge in [-0.15, -0.1) is 0 Å². The summed E-state index contributed by atoms with van der Waals surface area (Å²) in [5, 5.41) is 3.34. The highest BCUT2D eigenvalue weighted by atomic mass is 15.3. The van der Waals surface area contributed by atoms with Crippen molar-refractivity contribution in [3.05, 3.63) is 53.2 Å². The summed E-state index contributed by atoms with van der Waals surface area (Å²) in [6, 6.07) is 10.4. The Morgan fingerprint density at radius 1 is 1.04 bits per heavy atom. The molecule has 1 saturated heterocycles. The zero-order valence-electron chi connectivity index (χ0n) is 17.3. The first-order chi connectivity index (χ1) is 13.6. The summed E-state index contributed by atoms with van der Waals surface area (Å²) >= 11 is 0. The lowest BCUT2D eigenvalue weighted by atomic mass is 10.0. The van der Waals surface area contributed by atoms with E-state index < -0.39 is 0 Å². The third-order valence-corrected chi connectivity index (χ3v) is 5.34. The third kappa shape index (κ3) is 4.81. The lowest BCUT2D eigenvalue weighted by Crippen LogP contribution is -2.45. The number of aryl methyl sites for hydroxylation is 2. The molecule has 1 aliphatic heterocycles. The second kappa shape index (κ2) is 9.55. The van der Waals surface area contributed by atoms with E-state index in [1.807, 2.05) is 12.3 Å². The molecule has 0 amide bonds. The Morgan fingerprint density at radius 3 is 2.32 bits per heavy atom. The van der Waals surface area contributed by atoms with Gasteiger partial charge in [-0.25, -0.2) is 9.98 Å². The van der Waals surface area contributed by atoms with Gasteiger partial charge in [0, 0.05) is 43.6 Å².